The molecule has 116 valence electrons. The van der Waals surface area contributed by atoms with Gasteiger partial charge in [-0.25, -0.2) is 9.97 Å². The summed E-state index contributed by atoms with van der Waals surface area (Å²) in [7, 11) is 0. The van der Waals surface area contributed by atoms with Crippen LogP contribution in [0.5, 0.6) is 0 Å². The van der Waals surface area contributed by atoms with Crippen LogP contribution in [0.3, 0.4) is 0 Å². The first-order valence-electron chi connectivity index (χ1n) is 7.41. The lowest BCUT2D eigenvalue weighted by Gasteiger charge is -2.07. The molecule has 0 amide bonds. The molecule has 3 rings (SSSR count). The Balaban J connectivity index is 1.83. The van der Waals surface area contributed by atoms with Gasteiger partial charge in [-0.15, -0.1) is 0 Å². The molecule has 3 aromatic rings. The second-order valence-corrected chi connectivity index (χ2v) is 6.77. The topological polar surface area (TPSA) is 25.8 Å². The zero-order valence-corrected chi connectivity index (χ0v) is 14.7. The van der Waals surface area contributed by atoms with Crippen molar-refractivity contribution in [1.29, 1.82) is 0 Å². The SMILES string of the molecule is Cc1ccc(-c2cc(C)nc(SCc3ccccc3Cl)n2)cc1. The molecule has 0 aliphatic rings. The molecule has 0 spiro atoms. The van der Waals surface area contributed by atoms with Crippen LogP contribution in [0.15, 0.2) is 59.8 Å². The van der Waals surface area contributed by atoms with Crippen LogP contribution in [0, 0.1) is 13.8 Å². The maximum Gasteiger partial charge on any atom is 0.188 e. The standard InChI is InChI=1S/C19H17ClN2S/c1-13-7-9-15(10-8-13)18-11-14(2)21-19(22-18)23-12-16-5-3-4-6-17(16)20/h3-11H,12H2,1-2H3. The van der Waals surface area contributed by atoms with Gasteiger partial charge >= 0.3 is 0 Å². The van der Waals surface area contributed by atoms with Crippen molar-refractivity contribution in [3.63, 3.8) is 0 Å². The Hall–Kier alpha value is -1.84. The number of benzene rings is 2. The van der Waals surface area contributed by atoms with E-state index in [9.17, 15) is 0 Å². The molecule has 0 radical (unpaired) electrons. The number of nitrogens with zero attached hydrogens (tertiary/aromatic N) is 2. The molecule has 2 aromatic carbocycles. The Morgan fingerprint density at radius 1 is 0.957 bits per heavy atom. The molecule has 1 heterocycles. The number of thioether (sulfide) groups is 1. The van der Waals surface area contributed by atoms with Crippen molar-refractivity contribution in [3.05, 3.63) is 76.4 Å². The number of halogens is 1. The number of hydrogen-bond acceptors (Lipinski definition) is 3. The van der Waals surface area contributed by atoms with E-state index in [1.165, 1.54) is 5.56 Å². The van der Waals surface area contributed by atoms with E-state index in [2.05, 4.69) is 41.2 Å². The van der Waals surface area contributed by atoms with Crippen molar-refractivity contribution in [2.24, 2.45) is 0 Å². The molecule has 4 heteroatoms. The molecule has 1 aromatic heterocycles. The summed E-state index contributed by atoms with van der Waals surface area (Å²) in [4.78, 5) is 9.22. The average Bonchev–Trinajstić information content (AvgIpc) is 2.54. The van der Waals surface area contributed by atoms with Gasteiger partial charge in [0.1, 0.15) is 0 Å². The summed E-state index contributed by atoms with van der Waals surface area (Å²) in [6.07, 6.45) is 0. The Morgan fingerprint density at radius 3 is 2.43 bits per heavy atom. The monoisotopic (exact) mass is 340 g/mol. The van der Waals surface area contributed by atoms with E-state index in [1.807, 2.05) is 37.3 Å². The highest BCUT2D eigenvalue weighted by Gasteiger charge is 2.07. The molecule has 0 N–H and O–H groups in total. The van der Waals surface area contributed by atoms with Crippen molar-refractivity contribution in [1.82, 2.24) is 9.97 Å². The molecule has 0 aliphatic carbocycles. The second kappa shape index (κ2) is 7.16. The van der Waals surface area contributed by atoms with Crippen LogP contribution in [-0.4, -0.2) is 9.97 Å². The first-order valence-corrected chi connectivity index (χ1v) is 8.77. The summed E-state index contributed by atoms with van der Waals surface area (Å²) in [6, 6.07) is 18.3. The fourth-order valence-corrected chi connectivity index (χ4v) is 3.43. The summed E-state index contributed by atoms with van der Waals surface area (Å²) in [5, 5.41) is 1.56. The summed E-state index contributed by atoms with van der Waals surface area (Å²) >= 11 is 7.82. The number of hydrogen-bond donors (Lipinski definition) is 0. The van der Waals surface area contributed by atoms with Crippen LogP contribution < -0.4 is 0 Å². The lowest BCUT2D eigenvalue weighted by atomic mass is 10.1. The van der Waals surface area contributed by atoms with Crippen LogP contribution in [0.1, 0.15) is 16.8 Å². The highest BCUT2D eigenvalue weighted by Crippen LogP contribution is 2.27. The van der Waals surface area contributed by atoms with Crippen LogP contribution in [0.25, 0.3) is 11.3 Å². The zero-order valence-electron chi connectivity index (χ0n) is 13.1. The molecule has 0 saturated carbocycles. The van der Waals surface area contributed by atoms with Crippen LogP contribution in [0.2, 0.25) is 5.02 Å². The molecule has 0 atom stereocenters. The fraction of sp³-hybridized carbons (Fsp3) is 0.158. The van der Waals surface area contributed by atoms with Crippen LogP contribution >= 0.6 is 23.4 Å². The zero-order chi connectivity index (χ0) is 16.2. The predicted octanol–water partition coefficient (Wildman–Crippen LogP) is 5.71. The quantitative estimate of drug-likeness (QED) is 0.449. The van der Waals surface area contributed by atoms with Gasteiger partial charge in [0.05, 0.1) is 5.69 Å². The third-order valence-corrected chi connectivity index (χ3v) is 4.76. The maximum atomic E-state index is 6.21. The number of rotatable bonds is 4. The molecule has 0 fully saturated rings. The highest BCUT2D eigenvalue weighted by molar-refractivity contribution is 7.98. The van der Waals surface area contributed by atoms with Gasteiger partial charge in [0.25, 0.3) is 0 Å². The Morgan fingerprint density at radius 2 is 1.70 bits per heavy atom. The predicted molar refractivity (Wildman–Crippen MR) is 98.0 cm³/mol. The second-order valence-electron chi connectivity index (χ2n) is 5.42. The van der Waals surface area contributed by atoms with Gasteiger partial charge < -0.3 is 0 Å². The Labute approximate surface area is 146 Å². The van der Waals surface area contributed by atoms with E-state index in [0.717, 1.165) is 38.4 Å². The highest BCUT2D eigenvalue weighted by atomic mass is 35.5. The fourth-order valence-electron chi connectivity index (χ4n) is 2.24. The first-order chi connectivity index (χ1) is 11.1. The minimum absolute atomic E-state index is 0.760. The van der Waals surface area contributed by atoms with E-state index in [1.54, 1.807) is 11.8 Å². The summed E-state index contributed by atoms with van der Waals surface area (Å²) in [6.45, 7) is 4.08. The normalized spacial score (nSPS) is 10.7. The minimum atomic E-state index is 0.760. The summed E-state index contributed by atoms with van der Waals surface area (Å²) < 4.78 is 0. The molecule has 0 unspecified atom stereocenters. The van der Waals surface area contributed by atoms with Gasteiger partial charge in [-0.05, 0) is 31.5 Å². The molecular weight excluding hydrogens is 324 g/mol. The van der Waals surface area contributed by atoms with Crippen molar-refractivity contribution in [2.75, 3.05) is 0 Å². The van der Waals surface area contributed by atoms with E-state index in [0.29, 0.717) is 0 Å². The van der Waals surface area contributed by atoms with Gasteiger partial charge in [0.2, 0.25) is 0 Å². The Kier molecular flexibility index (Phi) is 4.99. The van der Waals surface area contributed by atoms with Crippen molar-refractivity contribution in [2.45, 2.75) is 24.8 Å². The maximum absolute atomic E-state index is 6.21. The summed E-state index contributed by atoms with van der Waals surface area (Å²) in [5.41, 5.74) is 5.38. The van der Waals surface area contributed by atoms with Crippen molar-refractivity contribution < 1.29 is 0 Å². The first kappa shape index (κ1) is 16.0. The van der Waals surface area contributed by atoms with Gasteiger partial charge in [0.15, 0.2) is 5.16 Å². The smallest absolute Gasteiger partial charge is 0.188 e. The van der Waals surface area contributed by atoms with E-state index in [-0.39, 0.29) is 0 Å². The van der Waals surface area contributed by atoms with Crippen LogP contribution in [0.4, 0.5) is 0 Å². The summed E-state index contributed by atoms with van der Waals surface area (Å²) in [5.74, 6) is 0.760. The van der Waals surface area contributed by atoms with E-state index < -0.39 is 0 Å². The Bertz CT molecular complexity index is 816. The lowest BCUT2D eigenvalue weighted by molar-refractivity contribution is 0.937. The molecule has 0 bridgehead atoms. The van der Waals surface area contributed by atoms with Gasteiger partial charge in [-0.2, -0.15) is 0 Å². The molecule has 0 saturated heterocycles. The van der Waals surface area contributed by atoms with Gasteiger partial charge in [-0.3, -0.25) is 0 Å². The van der Waals surface area contributed by atoms with Gasteiger partial charge in [-0.1, -0.05) is 71.4 Å². The van der Waals surface area contributed by atoms with E-state index >= 15 is 0 Å². The largest absolute Gasteiger partial charge is 0.228 e. The molecular formula is C19H17ClN2S. The third-order valence-electron chi connectivity index (χ3n) is 3.50. The molecule has 0 aliphatic heterocycles. The van der Waals surface area contributed by atoms with Crippen molar-refractivity contribution in [3.8, 4) is 11.3 Å². The minimum Gasteiger partial charge on any atom is -0.228 e. The number of aryl methyl sites for hydroxylation is 2. The molecule has 23 heavy (non-hydrogen) atoms. The molecule has 2 nitrogen and oxygen atoms in total. The third kappa shape index (κ3) is 4.12. The average molecular weight is 341 g/mol. The lowest BCUT2D eigenvalue weighted by Crippen LogP contribution is -1.94. The van der Waals surface area contributed by atoms with Gasteiger partial charge in [0, 0.05) is 22.0 Å². The van der Waals surface area contributed by atoms with Crippen molar-refractivity contribution >= 4 is 23.4 Å². The van der Waals surface area contributed by atoms with E-state index in [4.69, 9.17) is 11.6 Å². The van der Waals surface area contributed by atoms with Crippen LogP contribution in [-0.2, 0) is 5.75 Å². The number of aromatic nitrogens is 2.